The fourth-order valence-corrected chi connectivity index (χ4v) is 7.46. The summed E-state index contributed by atoms with van der Waals surface area (Å²) in [7, 11) is 0. The highest BCUT2D eigenvalue weighted by atomic mass is 16.7. The van der Waals surface area contributed by atoms with Crippen LogP contribution in [0.2, 0.25) is 0 Å². The molecule has 9 rings (SSSR count). The van der Waals surface area contributed by atoms with E-state index in [9.17, 15) is 9.90 Å². The van der Waals surface area contributed by atoms with Gasteiger partial charge in [0.2, 0.25) is 12.2 Å². The van der Waals surface area contributed by atoms with Crippen molar-refractivity contribution in [3.05, 3.63) is 233 Å². The predicted molar refractivity (Wildman–Crippen MR) is 271 cm³/mol. The monoisotopic (exact) mass is 902 g/mol. The second-order valence-corrected chi connectivity index (χ2v) is 16.3. The lowest BCUT2D eigenvalue weighted by atomic mass is 10.1. The molecule has 10 heteroatoms. The summed E-state index contributed by atoms with van der Waals surface area (Å²) in [4.78, 5) is 30.6. The van der Waals surface area contributed by atoms with E-state index in [1.54, 1.807) is 10.6 Å². The zero-order chi connectivity index (χ0) is 47.7. The number of anilines is 1. The summed E-state index contributed by atoms with van der Waals surface area (Å²) in [5.74, 6) is 0.633. The first-order valence-electron chi connectivity index (χ1n) is 22.9. The van der Waals surface area contributed by atoms with Crippen LogP contribution in [0.3, 0.4) is 0 Å². The van der Waals surface area contributed by atoms with Crippen molar-refractivity contribution in [3.63, 3.8) is 0 Å². The number of nitrogens with two attached hydrogens (primary N) is 1. The van der Waals surface area contributed by atoms with Gasteiger partial charge in [-0.15, -0.1) is 0 Å². The first kappa shape index (κ1) is 48.2. The number of hydrogen-bond acceptors (Lipinski definition) is 9. The third-order valence-electron chi connectivity index (χ3n) is 11.1. The Kier molecular flexibility index (Phi) is 17.1. The van der Waals surface area contributed by atoms with Gasteiger partial charge in [-0.05, 0) is 49.9 Å². The van der Waals surface area contributed by atoms with Gasteiger partial charge in [0.15, 0.2) is 11.4 Å². The lowest BCUT2D eigenvalue weighted by Gasteiger charge is -2.15. The van der Waals surface area contributed by atoms with Crippen LogP contribution in [-0.2, 0) is 40.0 Å². The van der Waals surface area contributed by atoms with Gasteiger partial charge in [0.05, 0.1) is 29.0 Å². The average Bonchev–Trinajstić information content (AvgIpc) is 3.68. The van der Waals surface area contributed by atoms with Crippen LogP contribution in [0.5, 0.6) is 5.88 Å². The molecule has 344 valence electrons. The molecule has 3 aromatic heterocycles. The fraction of sp³-hybridized carbons (Fsp3) is 0.190. The number of aromatic nitrogens is 5. The second-order valence-electron chi connectivity index (χ2n) is 16.3. The Bertz CT molecular complexity index is 2960. The van der Waals surface area contributed by atoms with Gasteiger partial charge in [-0.2, -0.15) is 0 Å². The van der Waals surface area contributed by atoms with E-state index in [1.165, 1.54) is 16.7 Å². The lowest BCUT2D eigenvalue weighted by molar-refractivity contribution is -0.167. The van der Waals surface area contributed by atoms with Crippen molar-refractivity contribution in [2.45, 2.75) is 59.7 Å². The van der Waals surface area contributed by atoms with Gasteiger partial charge in [0.25, 0.3) is 0 Å². The standard InChI is InChI=1S/C27H23N3O.C18H17N3.C13H18O3/c1-19-12-14-22(15-13-19)25-18-30-26(23(28-25)16-20-8-4-2-5-9-20)29-24(27(30)31)17-21-10-6-3-7-11-21;1-13-7-9-15(10-8-13)17-12-20-18(19)16(21-17)11-14-5-3-2-4-6-14;1-3-15-13(16-4-2)12(14)10-11-8-6-5-7-9-11/h2-15,18,31H,16-17H2,1H3;2-10,12H,11H2,1H3,(H2,19,20);5-9,13H,3-4,10H2,1-2H3. The van der Waals surface area contributed by atoms with Crippen LogP contribution in [0, 0.1) is 13.8 Å². The van der Waals surface area contributed by atoms with E-state index in [4.69, 9.17) is 25.2 Å². The molecular formula is C58H58N6O4. The molecule has 0 saturated heterocycles. The summed E-state index contributed by atoms with van der Waals surface area (Å²) in [5.41, 5.74) is 19.6. The van der Waals surface area contributed by atoms with Crippen LogP contribution in [0.4, 0.5) is 5.82 Å². The Balaban J connectivity index is 0.000000161. The van der Waals surface area contributed by atoms with Gasteiger partial charge in [0.1, 0.15) is 11.5 Å². The number of benzene rings is 6. The number of carbonyl (C=O) groups is 1. The number of aryl methyl sites for hydroxylation is 2. The first-order valence-corrected chi connectivity index (χ1v) is 22.9. The Morgan fingerprint density at radius 1 is 0.559 bits per heavy atom. The maximum absolute atomic E-state index is 11.8. The van der Waals surface area contributed by atoms with Crippen LogP contribution in [-0.4, -0.2) is 54.7 Å². The number of rotatable bonds is 15. The summed E-state index contributed by atoms with van der Waals surface area (Å²) in [6.07, 6.45) is 5.14. The van der Waals surface area contributed by atoms with E-state index in [2.05, 4.69) is 96.6 Å². The number of hydrogen-bond donors (Lipinski definition) is 2. The molecule has 0 unspecified atom stereocenters. The van der Waals surface area contributed by atoms with E-state index in [-0.39, 0.29) is 11.7 Å². The minimum absolute atomic E-state index is 0.0325. The number of imidazole rings is 1. The number of aromatic hydroxyl groups is 1. The second kappa shape index (κ2) is 24.1. The number of ether oxygens (including phenoxy) is 2. The molecule has 10 nitrogen and oxygen atoms in total. The summed E-state index contributed by atoms with van der Waals surface area (Å²) in [5, 5.41) is 11.0. The Morgan fingerprint density at radius 2 is 0.985 bits per heavy atom. The molecule has 3 heterocycles. The minimum atomic E-state index is -0.727. The highest BCUT2D eigenvalue weighted by Gasteiger charge is 2.20. The van der Waals surface area contributed by atoms with E-state index in [0.29, 0.717) is 56.1 Å². The smallest absolute Gasteiger partial charge is 0.219 e. The maximum Gasteiger partial charge on any atom is 0.219 e. The average molecular weight is 903 g/mol. The van der Waals surface area contributed by atoms with Crippen molar-refractivity contribution >= 4 is 17.2 Å². The minimum Gasteiger partial charge on any atom is -0.493 e. The van der Waals surface area contributed by atoms with Crippen LogP contribution in [0.25, 0.3) is 28.2 Å². The van der Waals surface area contributed by atoms with Crippen molar-refractivity contribution in [1.82, 2.24) is 24.3 Å². The quantitative estimate of drug-likeness (QED) is 0.0963. The van der Waals surface area contributed by atoms with Crippen LogP contribution < -0.4 is 5.73 Å². The van der Waals surface area contributed by atoms with Crippen molar-refractivity contribution < 1.29 is 19.4 Å². The highest BCUT2D eigenvalue weighted by Crippen LogP contribution is 2.29. The van der Waals surface area contributed by atoms with Crippen molar-refractivity contribution in [1.29, 1.82) is 0 Å². The molecule has 3 N–H and O–H groups in total. The fourth-order valence-electron chi connectivity index (χ4n) is 7.46. The summed E-state index contributed by atoms with van der Waals surface area (Å²) < 4.78 is 12.3. The molecule has 0 amide bonds. The first-order chi connectivity index (χ1) is 33.2. The lowest BCUT2D eigenvalue weighted by Crippen LogP contribution is -2.29. The number of nitrogens with zero attached hydrogens (tertiary/aromatic N) is 5. The molecule has 0 aliphatic heterocycles. The zero-order valence-corrected chi connectivity index (χ0v) is 39.1. The number of Topliss-reactive ketones (excluding diaryl/α,β-unsaturated/α-hetero) is 1. The third kappa shape index (κ3) is 13.4. The zero-order valence-electron chi connectivity index (χ0n) is 39.1. The third-order valence-corrected chi connectivity index (χ3v) is 11.1. The highest BCUT2D eigenvalue weighted by molar-refractivity contribution is 5.84. The van der Waals surface area contributed by atoms with E-state index < -0.39 is 6.29 Å². The predicted octanol–water partition coefficient (Wildman–Crippen LogP) is 11.4. The molecule has 0 aliphatic rings. The maximum atomic E-state index is 11.8. The summed E-state index contributed by atoms with van der Waals surface area (Å²) in [6, 6.07) is 56.6. The van der Waals surface area contributed by atoms with Crippen LogP contribution in [0.15, 0.2) is 182 Å². The molecule has 0 bridgehead atoms. The normalized spacial score (nSPS) is 10.8. The molecule has 0 fully saturated rings. The van der Waals surface area contributed by atoms with Crippen LogP contribution >= 0.6 is 0 Å². The molecule has 0 atom stereocenters. The molecule has 9 aromatic rings. The van der Waals surface area contributed by atoms with Crippen molar-refractivity contribution in [2.75, 3.05) is 18.9 Å². The van der Waals surface area contributed by atoms with E-state index >= 15 is 0 Å². The van der Waals surface area contributed by atoms with Gasteiger partial charge in [-0.3, -0.25) is 9.20 Å². The molecule has 0 spiro atoms. The molecule has 0 aliphatic carbocycles. The van der Waals surface area contributed by atoms with Crippen LogP contribution in [0.1, 0.15) is 64.3 Å². The number of fused-ring (bicyclic) bond motifs is 1. The van der Waals surface area contributed by atoms with Gasteiger partial charge >= 0.3 is 0 Å². The van der Waals surface area contributed by atoms with Gasteiger partial charge in [0, 0.05) is 56.2 Å². The Morgan fingerprint density at radius 3 is 1.47 bits per heavy atom. The SMILES string of the molecule is CCOC(OCC)C(=O)Cc1ccccc1.Cc1ccc(-c2cn3c(O)c(Cc4ccccc4)nc3c(Cc3ccccc3)n2)cc1.Cc1ccc(-c2cnc(N)c(Cc3ccccc3)n2)cc1. The number of nitrogen functional groups attached to an aromatic ring is 1. The Labute approximate surface area is 399 Å². The van der Waals surface area contributed by atoms with Gasteiger partial charge in [-0.25, -0.2) is 19.9 Å². The topological polar surface area (TPSA) is 138 Å². The summed E-state index contributed by atoms with van der Waals surface area (Å²) in [6.45, 7) is 8.79. The van der Waals surface area contributed by atoms with Gasteiger partial charge < -0.3 is 20.3 Å². The van der Waals surface area contributed by atoms with Crippen molar-refractivity contribution in [3.8, 4) is 28.4 Å². The Hall–Kier alpha value is -7.79. The van der Waals surface area contributed by atoms with Crippen molar-refractivity contribution in [2.24, 2.45) is 0 Å². The molecule has 6 aromatic carbocycles. The van der Waals surface area contributed by atoms with E-state index in [0.717, 1.165) is 50.6 Å². The summed E-state index contributed by atoms with van der Waals surface area (Å²) >= 11 is 0. The molecule has 0 radical (unpaired) electrons. The molecule has 68 heavy (non-hydrogen) atoms. The van der Waals surface area contributed by atoms with E-state index in [1.807, 2.05) is 117 Å². The number of ketones is 1. The molecular weight excluding hydrogens is 845 g/mol. The largest absolute Gasteiger partial charge is 0.493 e. The number of carbonyl (C=O) groups excluding carboxylic acids is 1. The molecule has 0 saturated carbocycles. The van der Waals surface area contributed by atoms with Gasteiger partial charge in [-0.1, -0.05) is 181 Å².